The molecule has 0 saturated carbocycles. The highest BCUT2D eigenvalue weighted by molar-refractivity contribution is 9.09. The summed E-state index contributed by atoms with van der Waals surface area (Å²) >= 11 is 3.37. The molecule has 0 aromatic rings. The van der Waals surface area contributed by atoms with Gasteiger partial charge in [-0.05, 0) is 6.08 Å². The maximum atomic E-state index is 10.7. The lowest BCUT2D eigenvalue weighted by atomic mass is 9.98. The van der Waals surface area contributed by atoms with Crippen LogP contribution in [0.3, 0.4) is 0 Å². The van der Waals surface area contributed by atoms with Crippen molar-refractivity contribution in [2.45, 2.75) is 11.8 Å². The van der Waals surface area contributed by atoms with Gasteiger partial charge >= 0.3 is 0 Å². The van der Waals surface area contributed by atoms with Gasteiger partial charge in [0.1, 0.15) is 0 Å². The fraction of sp³-hybridized carbons (Fsp3) is 0.375. The summed E-state index contributed by atoms with van der Waals surface area (Å²) in [6, 6.07) is 0. The zero-order chi connectivity index (χ0) is 9.14. The summed E-state index contributed by atoms with van der Waals surface area (Å²) in [6.45, 7) is 1.93. The van der Waals surface area contributed by atoms with Gasteiger partial charge in [0, 0.05) is 10.7 Å². The average molecular weight is 249 g/mol. The van der Waals surface area contributed by atoms with Gasteiger partial charge in [-0.25, -0.2) is 0 Å². The summed E-state index contributed by atoms with van der Waals surface area (Å²) in [5.41, 5.74) is 0. The molecule has 4 heteroatoms. The summed E-state index contributed by atoms with van der Waals surface area (Å²) in [7, 11) is -2.10. The molecule has 0 aromatic carbocycles. The molecule has 12 heavy (non-hydrogen) atoms. The van der Waals surface area contributed by atoms with Crippen LogP contribution in [0.2, 0.25) is 0 Å². The third-order valence-corrected chi connectivity index (χ3v) is 3.07. The third kappa shape index (κ3) is 2.08. The van der Waals surface area contributed by atoms with E-state index in [2.05, 4.69) is 15.9 Å². The van der Waals surface area contributed by atoms with Crippen molar-refractivity contribution in [2.24, 2.45) is 5.92 Å². The molecular weight excluding hydrogens is 240 g/mol. The lowest BCUT2D eigenvalue weighted by molar-refractivity contribution is 0.626. The first-order chi connectivity index (χ1) is 5.63. The first-order valence-electron chi connectivity index (χ1n) is 3.58. The van der Waals surface area contributed by atoms with Crippen LogP contribution in [0, 0.1) is 5.92 Å². The van der Waals surface area contributed by atoms with E-state index >= 15 is 0 Å². The monoisotopic (exact) mass is 248 g/mol. The average Bonchev–Trinajstić information content (AvgIpc) is 2.04. The molecule has 0 N–H and O–H groups in total. The molecule has 0 saturated heterocycles. The van der Waals surface area contributed by atoms with Gasteiger partial charge in [0.2, 0.25) is 10.3 Å². The second kappa shape index (κ2) is 4.05. The molecule has 1 aliphatic rings. The SMILES string of the molecule is CC(Br)C1C=CC=CC1=S(=O)=O. The van der Waals surface area contributed by atoms with Crippen LogP contribution in [0.5, 0.6) is 0 Å². The minimum absolute atomic E-state index is 0.0340. The Balaban J connectivity index is 3.11. The van der Waals surface area contributed by atoms with Gasteiger partial charge in [-0.2, -0.15) is 8.42 Å². The van der Waals surface area contributed by atoms with E-state index in [0.29, 0.717) is 4.86 Å². The summed E-state index contributed by atoms with van der Waals surface area (Å²) in [6.07, 6.45) is 7.10. The molecule has 66 valence electrons. The number of allylic oxidation sites excluding steroid dienone is 4. The van der Waals surface area contributed by atoms with Gasteiger partial charge in [-0.1, -0.05) is 41.1 Å². The number of alkyl halides is 1. The van der Waals surface area contributed by atoms with Crippen LogP contribution in [0.25, 0.3) is 0 Å². The van der Waals surface area contributed by atoms with Crippen LogP contribution in [0.4, 0.5) is 0 Å². The van der Waals surface area contributed by atoms with Crippen molar-refractivity contribution in [2.75, 3.05) is 0 Å². The Morgan fingerprint density at radius 3 is 2.58 bits per heavy atom. The minimum Gasteiger partial charge on any atom is -0.184 e. The van der Waals surface area contributed by atoms with Gasteiger partial charge in [0.25, 0.3) is 0 Å². The summed E-state index contributed by atoms with van der Waals surface area (Å²) in [5.74, 6) is -0.0340. The molecule has 0 spiro atoms. The number of rotatable bonds is 1. The number of halogens is 1. The second-order valence-electron chi connectivity index (χ2n) is 2.58. The lowest BCUT2D eigenvalue weighted by Crippen LogP contribution is -2.20. The molecule has 0 amide bonds. The molecule has 0 radical (unpaired) electrons. The summed E-state index contributed by atoms with van der Waals surface area (Å²) in [5, 5.41) is 0. The maximum Gasteiger partial charge on any atom is 0.217 e. The van der Waals surface area contributed by atoms with Crippen LogP contribution in [-0.4, -0.2) is 18.1 Å². The lowest BCUT2D eigenvalue weighted by Gasteiger charge is -2.15. The van der Waals surface area contributed by atoms with E-state index in [-0.39, 0.29) is 10.7 Å². The Labute approximate surface area is 81.6 Å². The van der Waals surface area contributed by atoms with Crippen molar-refractivity contribution in [1.29, 1.82) is 0 Å². The zero-order valence-corrected chi connectivity index (χ0v) is 8.97. The molecule has 2 unspecified atom stereocenters. The molecule has 0 fully saturated rings. The van der Waals surface area contributed by atoms with Crippen molar-refractivity contribution in [3.8, 4) is 0 Å². The Kier molecular flexibility index (Phi) is 3.29. The molecule has 2 nitrogen and oxygen atoms in total. The van der Waals surface area contributed by atoms with E-state index < -0.39 is 10.3 Å². The highest BCUT2D eigenvalue weighted by Gasteiger charge is 2.18. The molecule has 0 aromatic heterocycles. The smallest absolute Gasteiger partial charge is 0.184 e. The Hall–Kier alpha value is -0.350. The largest absolute Gasteiger partial charge is 0.217 e. The number of hydrogen-bond acceptors (Lipinski definition) is 2. The van der Waals surface area contributed by atoms with E-state index in [1.165, 1.54) is 0 Å². The van der Waals surface area contributed by atoms with Crippen molar-refractivity contribution < 1.29 is 8.42 Å². The van der Waals surface area contributed by atoms with Crippen LogP contribution in [-0.2, 0) is 10.3 Å². The van der Waals surface area contributed by atoms with E-state index in [4.69, 9.17) is 0 Å². The Morgan fingerprint density at radius 1 is 1.50 bits per heavy atom. The van der Waals surface area contributed by atoms with Gasteiger partial charge in [-0.3, -0.25) is 0 Å². The minimum atomic E-state index is -2.10. The van der Waals surface area contributed by atoms with E-state index in [0.717, 1.165) is 0 Å². The molecule has 2 atom stereocenters. The predicted molar refractivity (Wildman–Crippen MR) is 54.1 cm³/mol. The fourth-order valence-electron chi connectivity index (χ4n) is 1.09. The molecule has 1 aliphatic carbocycles. The highest BCUT2D eigenvalue weighted by atomic mass is 79.9. The zero-order valence-electron chi connectivity index (χ0n) is 6.57. The summed E-state index contributed by atoms with van der Waals surface area (Å²) < 4.78 is 21.5. The first-order valence-corrected chi connectivity index (χ1v) is 5.57. The van der Waals surface area contributed by atoms with Gasteiger partial charge in [0.05, 0.1) is 4.86 Å². The Morgan fingerprint density at radius 2 is 2.17 bits per heavy atom. The van der Waals surface area contributed by atoms with Gasteiger partial charge in [-0.15, -0.1) is 0 Å². The maximum absolute atomic E-state index is 10.7. The van der Waals surface area contributed by atoms with Gasteiger partial charge < -0.3 is 0 Å². The van der Waals surface area contributed by atoms with Crippen molar-refractivity contribution in [1.82, 2.24) is 0 Å². The van der Waals surface area contributed by atoms with Crippen LogP contribution in [0.15, 0.2) is 24.3 Å². The number of hydrogen-bond donors (Lipinski definition) is 0. The van der Waals surface area contributed by atoms with Crippen molar-refractivity contribution in [3.63, 3.8) is 0 Å². The fourth-order valence-corrected chi connectivity index (χ4v) is 2.42. The predicted octanol–water partition coefficient (Wildman–Crippen LogP) is 1.56. The molecule has 1 rings (SSSR count). The Bertz CT molecular complexity index is 341. The van der Waals surface area contributed by atoms with Crippen LogP contribution >= 0.6 is 15.9 Å². The first kappa shape index (κ1) is 9.74. The summed E-state index contributed by atoms with van der Waals surface area (Å²) in [4.78, 5) is 0.591. The normalized spacial score (nSPS) is 24.2. The third-order valence-electron chi connectivity index (χ3n) is 1.71. The van der Waals surface area contributed by atoms with Crippen molar-refractivity contribution in [3.05, 3.63) is 24.3 Å². The molecule has 0 aliphatic heterocycles. The molecular formula is C8H9BrO2S. The quantitative estimate of drug-likeness (QED) is 0.522. The molecule has 0 bridgehead atoms. The van der Waals surface area contributed by atoms with E-state index in [9.17, 15) is 8.42 Å². The van der Waals surface area contributed by atoms with E-state index in [1.807, 2.05) is 19.1 Å². The topological polar surface area (TPSA) is 34.1 Å². The van der Waals surface area contributed by atoms with Crippen LogP contribution < -0.4 is 0 Å². The standard InChI is InChI=1S/C8H9BrO2S/c1-6(9)7-4-2-3-5-8(7)12(10)11/h2-7H,1H3. The molecule has 0 heterocycles. The van der Waals surface area contributed by atoms with E-state index in [1.54, 1.807) is 12.2 Å². The highest BCUT2D eigenvalue weighted by Crippen LogP contribution is 2.18. The van der Waals surface area contributed by atoms with Crippen molar-refractivity contribution >= 4 is 31.1 Å². The second-order valence-corrected chi connectivity index (χ2v) is 4.97. The van der Waals surface area contributed by atoms with Crippen LogP contribution in [0.1, 0.15) is 6.92 Å². The van der Waals surface area contributed by atoms with Gasteiger partial charge in [0.15, 0.2) is 0 Å².